The number of unbranched alkanes of at least 4 members (excludes halogenated alkanes) is 4. The smallest absolute Gasteiger partial charge is 0.0457 e. The molecule has 439 valence electrons. The molecule has 1 radical (unpaired) electrons. The van der Waals surface area contributed by atoms with Gasteiger partial charge in [-0.2, -0.15) is 0 Å². The Morgan fingerprint density at radius 2 is 0.814 bits per heavy atom. The predicted octanol–water partition coefficient (Wildman–Crippen LogP) is 24.1. The summed E-state index contributed by atoms with van der Waals surface area (Å²) in [6.07, 6.45) is 15.5. The average molecular weight is 1310 g/mol. The Labute approximate surface area is 527 Å². The number of rotatable bonds is 18. The number of pyridine rings is 1. The van der Waals surface area contributed by atoms with E-state index in [9.17, 15) is 0 Å². The normalized spacial score (nSPS) is 13.7. The second kappa shape index (κ2) is 24.6. The first kappa shape index (κ1) is 60.6. The topological polar surface area (TPSA) is 12.9 Å². The van der Waals surface area contributed by atoms with E-state index in [2.05, 4.69) is 245 Å². The molecule has 0 N–H and O–H groups in total. The minimum Gasteiger partial charge on any atom is -0.304 e. The minimum absolute atomic E-state index is 0. The van der Waals surface area contributed by atoms with Gasteiger partial charge < -0.3 is 4.98 Å². The largest absolute Gasteiger partial charge is 0.304 e. The Kier molecular flexibility index (Phi) is 17.4. The maximum atomic E-state index is 18.0. The van der Waals surface area contributed by atoms with Crippen LogP contribution in [0.2, 0.25) is 0 Å². The molecule has 1 aromatic heterocycles. The zero-order valence-corrected chi connectivity index (χ0v) is 54.9. The summed E-state index contributed by atoms with van der Waals surface area (Å²) in [4.78, 5) is 4.99. The number of halogens is 1. The Morgan fingerprint density at radius 3 is 1.31 bits per heavy atom. The first-order valence-corrected chi connectivity index (χ1v) is 32.1. The van der Waals surface area contributed by atoms with E-state index in [1.807, 2.05) is 18.3 Å². The standard InChI is InChI=1S/C83H85FN.Ir/c1-11-15-44-82(45-16-12-2)74-28-20-19-23-68(74)69-40-33-57(52-75(69)82)58-34-41-70-71-42-35-59(54-77(71)83(46-17-13-3,47-18-14-4)76(70)53-58)66-25-22-27-73(78(66)84)79-72-26-21-24-65(67(72)43-48-85-79)62-50-60(55-29-36-63(37-30-55)80(5,6)7)49-61(51-62)56-31-38-64(39-32-56)81(8,9)10;/h19-26,28-43,48-54H,11-18,44-47H2,1-10H3;/q-1;. The van der Waals surface area contributed by atoms with Crippen LogP contribution in [-0.4, -0.2) is 4.98 Å². The van der Waals surface area contributed by atoms with Crippen molar-refractivity contribution in [3.05, 3.63) is 233 Å². The Bertz CT molecular complexity index is 4000. The molecule has 0 bridgehead atoms. The summed E-state index contributed by atoms with van der Waals surface area (Å²) in [5.41, 5.74) is 25.6. The van der Waals surface area contributed by atoms with Gasteiger partial charge in [0.05, 0.1) is 0 Å². The molecule has 1 heterocycles. The summed E-state index contributed by atoms with van der Waals surface area (Å²) in [7, 11) is 0. The number of fused-ring (bicyclic) bond motifs is 7. The fraction of sp³-hybridized carbons (Fsp3) is 0.313. The van der Waals surface area contributed by atoms with E-state index in [0.717, 1.165) is 77.1 Å². The number of aromatic nitrogens is 1. The third-order valence-corrected chi connectivity index (χ3v) is 19.5. The Hall–Kier alpha value is -7.03. The molecule has 0 atom stereocenters. The van der Waals surface area contributed by atoms with E-state index in [4.69, 9.17) is 4.98 Å². The third-order valence-electron chi connectivity index (χ3n) is 19.5. The van der Waals surface area contributed by atoms with Crippen LogP contribution in [0.15, 0.2) is 188 Å². The summed E-state index contributed by atoms with van der Waals surface area (Å²) in [5.74, 6) is -0.298. The van der Waals surface area contributed by atoms with E-state index >= 15 is 4.39 Å². The zero-order chi connectivity index (χ0) is 59.3. The third kappa shape index (κ3) is 11.0. The van der Waals surface area contributed by atoms with E-state index < -0.39 is 0 Å². The fourth-order valence-corrected chi connectivity index (χ4v) is 14.7. The average Bonchev–Trinajstić information content (AvgIpc) is 1.61. The van der Waals surface area contributed by atoms with Crippen molar-refractivity contribution >= 4 is 10.8 Å². The van der Waals surface area contributed by atoms with E-state index in [0.29, 0.717) is 16.8 Å². The molecule has 0 fully saturated rings. The van der Waals surface area contributed by atoms with Gasteiger partial charge in [-0.25, -0.2) is 0 Å². The summed E-state index contributed by atoms with van der Waals surface area (Å²) >= 11 is 0. The Morgan fingerprint density at radius 1 is 0.384 bits per heavy atom. The molecule has 0 saturated heterocycles. The molecule has 3 heteroatoms. The summed E-state index contributed by atoms with van der Waals surface area (Å²) in [6.45, 7) is 22.9. The van der Waals surface area contributed by atoms with E-state index in [1.165, 1.54) is 116 Å². The molecule has 2 aliphatic rings. The predicted molar refractivity (Wildman–Crippen MR) is 361 cm³/mol. The van der Waals surface area contributed by atoms with Crippen LogP contribution in [0.3, 0.4) is 0 Å². The molecule has 86 heavy (non-hydrogen) atoms. The molecule has 12 rings (SSSR count). The van der Waals surface area contributed by atoms with Crippen molar-refractivity contribution in [2.75, 3.05) is 0 Å². The second-order valence-electron chi connectivity index (χ2n) is 27.0. The molecule has 0 unspecified atom stereocenters. The molecule has 0 amide bonds. The van der Waals surface area contributed by atoms with Crippen LogP contribution < -0.4 is 0 Å². The van der Waals surface area contributed by atoms with Crippen molar-refractivity contribution in [1.29, 1.82) is 0 Å². The monoisotopic (exact) mass is 1310 g/mol. The van der Waals surface area contributed by atoms with Gasteiger partial charge in [-0.1, -0.05) is 265 Å². The van der Waals surface area contributed by atoms with Gasteiger partial charge in [-0.15, -0.1) is 18.2 Å². The van der Waals surface area contributed by atoms with E-state index in [-0.39, 0.29) is 47.6 Å². The number of hydrogen-bond acceptors (Lipinski definition) is 1. The number of hydrogen-bond donors (Lipinski definition) is 0. The molecule has 10 aromatic rings. The number of nitrogens with zero attached hydrogens (tertiary/aromatic N) is 1. The quantitative estimate of drug-likeness (QED) is 0.0780. The van der Waals surface area contributed by atoms with Crippen molar-refractivity contribution in [2.24, 2.45) is 0 Å². The molecular weight excluding hydrogens is 1220 g/mol. The van der Waals surface area contributed by atoms with Crippen LogP contribution in [0.1, 0.15) is 180 Å². The molecule has 0 spiro atoms. The van der Waals surface area contributed by atoms with Gasteiger partial charge in [0.1, 0.15) is 0 Å². The maximum absolute atomic E-state index is 18.0. The van der Waals surface area contributed by atoms with Crippen molar-refractivity contribution in [2.45, 2.75) is 168 Å². The molecule has 2 aliphatic carbocycles. The Balaban J connectivity index is 0.00000768. The van der Waals surface area contributed by atoms with Crippen LogP contribution >= 0.6 is 0 Å². The summed E-state index contributed by atoms with van der Waals surface area (Å²) < 4.78 is 18.0. The van der Waals surface area contributed by atoms with Gasteiger partial charge in [0.15, 0.2) is 0 Å². The van der Waals surface area contributed by atoms with Crippen LogP contribution in [-0.2, 0) is 41.8 Å². The van der Waals surface area contributed by atoms with Crippen molar-refractivity contribution in [3.8, 4) is 89.1 Å². The van der Waals surface area contributed by atoms with Crippen molar-refractivity contribution < 1.29 is 24.5 Å². The van der Waals surface area contributed by atoms with Crippen molar-refractivity contribution in [1.82, 2.24) is 4.98 Å². The van der Waals surface area contributed by atoms with Crippen molar-refractivity contribution in [3.63, 3.8) is 0 Å². The van der Waals surface area contributed by atoms with Gasteiger partial charge >= 0.3 is 0 Å². The van der Waals surface area contributed by atoms with Crippen LogP contribution in [0.25, 0.3) is 99.9 Å². The second-order valence-corrected chi connectivity index (χ2v) is 27.0. The van der Waals surface area contributed by atoms with Crippen LogP contribution in [0.4, 0.5) is 4.39 Å². The molecule has 1 nitrogen and oxygen atoms in total. The van der Waals surface area contributed by atoms with Gasteiger partial charge in [-0.05, 0) is 195 Å². The van der Waals surface area contributed by atoms with Gasteiger partial charge in [0, 0.05) is 42.9 Å². The number of benzene rings is 9. The zero-order valence-electron chi connectivity index (χ0n) is 52.5. The molecule has 0 saturated carbocycles. The molecule has 9 aromatic carbocycles. The van der Waals surface area contributed by atoms with E-state index in [1.54, 1.807) is 0 Å². The minimum atomic E-state index is -0.298. The summed E-state index contributed by atoms with van der Waals surface area (Å²) in [5, 5.41) is 1.91. The SMILES string of the molecule is CCCCC1(CCCC)c2ccccc2-c2ccc(-c3ccc4c(c3)C(CCCC)(CCCC)c3cc(-c5cc[c-]c(-c6nccc7c(-c8cc(-c9ccc(C(C)(C)C)cc9)cc(-c9ccc(C(C)(C)C)cc9)c8)cccc67)c5F)ccc3-4)cc21.[Ir]. The van der Waals surface area contributed by atoms with Gasteiger partial charge in [0.2, 0.25) is 0 Å². The maximum Gasteiger partial charge on any atom is 0.0457 e. The first-order valence-electron chi connectivity index (χ1n) is 32.1. The van der Waals surface area contributed by atoms with Crippen LogP contribution in [0.5, 0.6) is 0 Å². The molecular formula is C83H85FIrN-. The molecule has 0 aliphatic heterocycles. The summed E-state index contributed by atoms with van der Waals surface area (Å²) in [6, 6.07) is 71.5. The van der Waals surface area contributed by atoms with Gasteiger partial charge in [0.25, 0.3) is 0 Å². The fourth-order valence-electron chi connectivity index (χ4n) is 14.7. The van der Waals surface area contributed by atoms with Gasteiger partial charge in [-0.3, -0.25) is 4.39 Å². The first-order chi connectivity index (χ1) is 41.1. The van der Waals surface area contributed by atoms with Crippen LogP contribution in [0, 0.1) is 11.9 Å².